The fourth-order valence-corrected chi connectivity index (χ4v) is 4.63. The molecule has 1 aromatic carbocycles. The number of amides is 3. The molecule has 7 nitrogen and oxygen atoms in total. The fraction of sp³-hybridized carbons (Fsp3) is 0.571. The third kappa shape index (κ3) is 5.85. The number of fused-ring (bicyclic) bond motifs is 1. The monoisotopic (exact) mass is 421 g/mol. The van der Waals surface area contributed by atoms with Crippen molar-refractivity contribution in [2.75, 3.05) is 13.2 Å². The summed E-state index contributed by atoms with van der Waals surface area (Å²) in [6.07, 6.45) is 6.65. The molecule has 0 radical (unpaired) electrons. The van der Waals surface area contributed by atoms with Crippen LogP contribution in [0.25, 0.3) is 0 Å². The smallest absolute Gasteiger partial charge is 0.312 e. The number of benzene rings is 1. The lowest BCUT2D eigenvalue weighted by molar-refractivity contribution is -0.155. The predicted molar refractivity (Wildman–Crippen MR) is 109 cm³/mol. The molecule has 3 amide bonds. The molecule has 8 heteroatoms. The number of ether oxygens (including phenoxy) is 1. The van der Waals surface area contributed by atoms with Crippen molar-refractivity contribution in [2.24, 2.45) is 11.7 Å². The Morgan fingerprint density at radius 3 is 2.55 bits per heavy atom. The summed E-state index contributed by atoms with van der Waals surface area (Å²) >= 11 is 5.89. The van der Waals surface area contributed by atoms with Gasteiger partial charge in [0.15, 0.2) is 6.61 Å². The Bertz CT molecular complexity index is 738. The number of esters is 1. The summed E-state index contributed by atoms with van der Waals surface area (Å²) in [5.74, 6) is -0.128. The van der Waals surface area contributed by atoms with Gasteiger partial charge in [-0.1, -0.05) is 36.6 Å². The molecule has 0 spiro atoms. The first-order valence-electron chi connectivity index (χ1n) is 10.2. The molecule has 2 fully saturated rings. The van der Waals surface area contributed by atoms with Gasteiger partial charge in [0.05, 0.1) is 12.5 Å². The molecule has 0 aromatic heterocycles. The molecule has 1 aromatic rings. The van der Waals surface area contributed by atoms with Crippen molar-refractivity contribution < 1.29 is 19.1 Å². The zero-order chi connectivity index (χ0) is 20.8. The molecule has 0 bridgehead atoms. The topological polar surface area (TPSA) is 102 Å². The van der Waals surface area contributed by atoms with Crippen LogP contribution >= 0.6 is 11.6 Å². The van der Waals surface area contributed by atoms with E-state index < -0.39 is 18.0 Å². The van der Waals surface area contributed by atoms with Gasteiger partial charge in [-0.2, -0.15) is 0 Å². The zero-order valence-electron chi connectivity index (χ0n) is 16.4. The average Bonchev–Trinajstić information content (AvgIpc) is 2.71. The van der Waals surface area contributed by atoms with Gasteiger partial charge in [0.25, 0.3) is 5.91 Å². The standard InChI is InChI=1S/C21H28ClN3O4/c22-16-9-7-14(8-10-16)17(24-21(23)28)12-20(27)29-13-19(26)25-11-3-5-15-4-1-2-6-18(15)25/h7-10,15,17-18H,1-6,11-13H2,(H3,23,24,28)/t15-,17-,18+/m1/s1. The van der Waals surface area contributed by atoms with Crippen LogP contribution in [0.2, 0.25) is 5.02 Å². The number of nitrogens with two attached hydrogens (primary N) is 1. The number of carbonyl (C=O) groups is 3. The van der Waals surface area contributed by atoms with Gasteiger partial charge in [-0.05, 0) is 49.3 Å². The Morgan fingerprint density at radius 2 is 1.83 bits per heavy atom. The minimum atomic E-state index is -0.745. The molecule has 0 unspecified atom stereocenters. The SMILES string of the molecule is NC(=O)N[C@H](CC(=O)OCC(=O)N1CCC[C@H]2CCCC[C@@H]21)c1ccc(Cl)cc1. The van der Waals surface area contributed by atoms with Crippen LogP contribution in [0.5, 0.6) is 0 Å². The van der Waals surface area contributed by atoms with Gasteiger partial charge < -0.3 is 20.7 Å². The summed E-state index contributed by atoms with van der Waals surface area (Å²) < 4.78 is 5.25. The van der Waals surface area contributed by atoms with Crippen molar-refractivity contribution in [3.8, 4) is 0 Å². The van der Waals surface area contributed by atoms with E-state index in [2.05, 4.69) is 5.32 Å². The maximum atomic E-state index is 12.7. The van der Waals surface area contributed by atoms with E-state index in [1.807, 2.05) is 4.90 Å². The van der Waals surface area contributed by atoms with Gasteiger partial charge in [-0.3, -0.25) is 9.59 Å². The fourth-order valence-electron chi connectivity index (χ4n) is 4.50. The summed E-state index contributed by atoms with van der Waals surface area (Å²) in [6.45, 7) is 0.458. The summed E-state index contributed by atoms with van der Waals surface area (Å²) in [5.41, 5.74) is 5.91. The molecule has 3 N–H and O–H groups in total. The van der Waals surface area contributed by atoms with Crippen LogP contribution in [-0.4, -0.2) is 42.0 Å². The Labute approximate surface area is 175 Å². The number of nitrogens with zero attached hydrogens (tertiary/aromatic N) is 1. The number of hydrogen-bond donors (Lipinski definition) is 2. The summed E-state index contributed by atoms with van der Waals surface area (Å²) in [5, 5.41) is 3.08. The molecule has 3 rings (SSSR count). The van der Waals surface area contributed by atoms with E-state index in [-0.39, 0.29) is 25.0 Å². The first kappa shape index (κ1) is 21.4. The summed E-state index contributed by atoms with van der Waals surface area (Å²) in [7, 11) is 0. The highest BCUT2D eigenvalue weighted by molar-refractivity contribution is 6.30. The van der Waals surface area contributed by atoms with Crippen LogP contribution in [-0.2, 0) is 14.3 Å². The summed E-state index contributed by atoms with van der Waals surface area (Å²) in [6, 6.07) is 5.63. The zero-order valence-corrected chi connectivity index (χ0v) is 17.2. The maximum Gasteiger partial charge on any atom is 0.312 e. The van der Waals surface area contributed by atoms with E-state index in [1.54, 1.807) is 24.3 Å². The van der Waals surface area contributed by atoms with E-state index in [0.29, 0.717) is 16.5 Å². The number of halogens is 1. The molecule has 158 valence electrons. The van der Waals surface area contributed by atoms with Crippen LogP contribution in [0.1, 0.15) is 56.6 Å². The minimum Gasteiger partial charge on any atom is -0.455 e. The Balaban J connectivity index is 1.55. The quantitative estimate of drug-likeness (QED) is 0.688. The van der Waals surface area contributed by atoms with Crippen LogP contribution in [0.4, 0.5) is 4.79 Å². The van der Waals surface area contributed by atoms with Crippen molar-refractivity contribution in [3.05, 3.63) is 34.9 Å². The second kappa shape index (κ2) is 9.96. The highest BCUT2D eigenvalue weighted by atomic mass is 35.5. The number of carbonyl (C=O) groups excluding carboxylic acids is 3. The molecule has 3 atom stereocenters. The van der Waals surface area contributed by atoms with Crippen LogP contribution < -0.4 is 11.1 Å². The highest BCUT2D eigenvalue weighted by Gasteiger charge is 2.35. The lowest BCUT2D eigenvalue weighted by Crippen LogP contribution is -2.50. The van der Waals surface area contributed by atoms with Crippen LogP contribution in [0.15, 0.2) is 24.3 Å². The van der Waals surface area contributed by atoms with Crippen molar-refractivity contribution in [3.63, 3.8) is 0 Å². The Kier molecular flexibility index (Phi) is 7.36. The van der Waals surface area contributed by atoms with Crippen LogP contribution in [0, 0.1) is 5.92 Å². The number of likely N-dealkylation sites (tertiary alicyclic amines) is 1. The number of rotatable bonds is 6. The number of urea groups is 1. The third-order valence-corrected chi connectivity index (χ3v) is 6.13. The number of primary amides is 1. The molecule has 1 saturated carbocycles. The normalized spacial score (nSPS) is 22.3. The van der Waals surface area contributed by atoms with E-state index in [1.165, 1.54) is 19.3 Å². The molecule has 1 aliphatic carbocycles. The second-order valence-corrected chi connectivity index (χ2v) is 8.26. The number of nitrogens with one attached hydrogen (secondary N) is 1. The Hall–Kier alpha value is -2.28. The van der Waals surface area contributed by atoms with Crippen molar-refractivity contribution in [2.45, 2.75) is 57.0 Å². The van der Waals surface area contributed by atoms with E-state index in [4.69, 9.17) is 22.1 Å². The lowest BCUT2D eigenvalue weighted by atomic mass is 9.78. The van der Waals surface area contributed by atoms with Gasteiger partial charge in [0, 0.05) is 17.6 Å². The molecule has 1 heterocycles. The van der Waals surface area contributed by atoms with Crippen LogP contribution in [0.3, 0.4) is 0 Å². The van der Waals surface area contributed by atoms with Gasteiger partial charge in [0.2, 0.25) is 0 Å². The van der Waals surface area contributed by atoms with Crippen molar-refractivity contribution in [1.82, 2.24) is 10.2 Å². The molecule has 2 aliphatic rings. The highest BCUT2D eigenvalue weighted by Crippen LogP contribution is 2.35. The largest absolute Gasteiger partial charge is 0.455 e. The average molecular weight is 422 g/mol. The third-order valence-electron chi connectivity index (χ3n) is 5.88. The number of hydrogen-bond acceptors (Lipinski definition) is 4. The van der Waals surface area contributed by atoms with Gasteiger partial charge in [-0.25, -0.2) is 4.79 Å². The molecular weight excluding hydrogens is 394 g/mol. The summed E-state index contributed by atoms with van der Waals surface area (Å²) in [4.78, 5) is 38.2. The van der Waals surface area contributed by atoms with Gasteiger partial charge in [0.1, 0.15) is 0 Å². The van der Waals surface area contributed by atoms with E-state index >= 15 is 0 Å². The first-order valence-corrected chi connectivity index (χ1v) is 10.6. The van der Waals surface area contributed by atoms with Crippen molar-refractivity contribution in [1.29, 1.82) is 0 Å². The van der Waals surface area contributed by atoms with Gasteiger partial charge in [-0.15, -0.1) is 0 Å². The lowest BCUT2D eigenvalue weighted by Gasteiger charge is -2.44. The predicted octanol–water partition coefficient (Wildman–Crippen LogP) is 3.16. The van der Waals surface area contributed by atoms with Gasteiger partial charge >= 0.3 is 12.0 Å². The maximum absolute atomic E-state index is 12.7. The van der Waals surface area contributed by atoms with E-state index in [0.717, 1.165) is 25.8 Å². The van der Waals surface area contributed by atoms with E-state index in [9.17, 15) is 14.4 Å². The first-order chi connectivity index (χ1) is 13.9. The molecule has 29 heavy (non-hydrogen) atoms. The second-order valence-electron chi connectivity index (χ2n) is 7.82. The molecule has 1 saturated heterocycles. The minimum absolute atomic E-state index is 0.121. The number of piperidine rings is 1. The molecule has 1 aliphatic heterocycles. The van der Waals surface area contributed by atoms with Crippen molar-refractivity contribution >= 4 is 29.5 Å². The molecular formula is C21H28ClN3O4. The Morgan fingerprint density at radius 1 is 1.14 bits per heavy atom.